The van der Waals surface area contributed by atoms with Crippen LogP contribution < -0.4 is 5.32 Å². The third-order valence-electron chi connectivity index (χ3n) is 6.34. The molecule has 0 aromatic rings. The van der Waals surface area contributed by atoms with E-state index in [-0.39, 0.29) is 11.4 Å². The Kier molecular flexibility index (Phi) is 6.35. The van der Waals surface area contributed by atoms with Gasteiger partial charge in [-0.15, -0.1) is 0 Å². The van der Waals surface area contributed by atoms with Crippen molar-refractivity contribution < 1.29 is 9.53 Å². The zero-order chi connectivity index (χ0) is 16.0. The minimum absolute atomic E-state index is 0.199. The summed E-state index contributed by atoms with van der Waals surface area (Å²) in [7, 11) is 0. The fourth-order valence-electron chi connectivity index (χ4n) is 4.84. The molecule has 132 valence electrons. The van der Waals surface area contributed by atoms with Gasteiger partial charge in [0.2, 0.25) is 5.91 Å². The summed E-state index contributed by atoms with van der Waals surface area (Å²) < 4.78 is 5.53. The van der Waals surface area contributed by atoms with E-state index in [1.54, 1.807) is 0 Å². The average molecular weight is 322 g/mol. The number of ether oxygens (including phenoxy) is 1. The van der Waals surface area contributed by atoms with Crippen LogP contribution in [0.5, 0.6) is 0 Å². The summed E-state index contributed by atoms with van der Waals surface area (Å²) in [6.45, 7) is 4.58. The summed E-state index contributed by atoms with van der Waals surface area (Å²) in [5, 5.41) is 3.29. The van der Waals surface area contributed by atoms with Gasteiger partial charge in [-0.1, -0.05) is 44.9 Å². The summed E-state index contributed by atoms with van der Waals surface area (Å²) >= 11 is 0. The first-order valence-corrected chi connectivity index (χ1v) is 9.88. The highest BCUT2D eigenvalue weighted by molar-refractivity contribution is 5.75. The van der Waals surface area contributed by atoms with Crippen LogP contribution in [0.3, 0.4) is 0 Å². The quantitative estimate of drug-likeness (QED) is 0.817. The van der Waals surface area contributed by atoms with E-state index < -0.39 is 0 Å². The second kappa shape index (κ2) is 8.48. The maximum absolute atomic E-state index is 12.3. The van der Waals surface area contributed by atoms with Gasteiger partial charge in [0.25, 0.3) is 0 Å². The highest BCUT2D eigenvalue weighted by Gasteiger charge is 2.38. The van der Waals surface area contributed by atoms with Crippen molar-refractivity contribution in [2.24, 2.45) is 5.92 Å². The maximum atomic E-state index is 12.3. The van der Waals surface area contributed by atoms with Crippen molar-refractivity contribution in [2.45, 2.75) is 76.2 Å². The van der Waals surface area contributed by atoms with Crippen molar-refractivity contribution >= 4 is 5.91 Å². The molecule has 0 aromatic heterocycles. The van der Waals surface area contributed by atoms with E-state index in [2.05, 4.69) is 10.2 Å². The largest absolute Gasteiger partial charge is 0.379 e. The molecule has 23 heavy (non-hydrogen) atoms. The Balaban J connectivity index is 1.48. The number of nitrogens with zero attached hydrogens (tertiary/aromatic N) is 1. The van der Waals surface area contributed by atoms with Gasteiger partial charge in [-0.2, -0.15) is 0 Å². The lowest BCUT2D eigenvalue weighted by Crippen LogP contribution is -2.59. The van der Waals surface area contributed by atoms with Gasteiger partial charge in [0, 0.05) is 31.6 Å². The van der Waals surface area contributed by atoms with E-state index in [1.807, 2.05) is 0 Å². The minimum Gasteiger partial charge on any atom is -0.379 e. The van der Waals surface area contributed by atoms with E-state index in [9.17, 15) is 4.79 Å². The van der Waals surface area contributed by atoms with E-state index >= 15 is 0 Å². The zero-order valence-electron chi connectivity index (χ0n) is 14.7. The van der Waals surface area contributed by atoms with Gasteiger partial charge in [-0.05, 0) is 25.2 Å². The molecule has 1 heterocycles. The molecule has 3 rings (SSSR count). The Bertz CT molecular complexity index is 368. The lowest BCUT2D eigenvalue weighted by Gasteiger charge is -2.48. The molecule has 4 heteroatoms. The third kappa shape index (κ3) is 4.69. The lowest BCUT2D eigenvalue weighted by molar-refractivity contribution is -0.122. The number of carbonyl (C=O) groups is 1. The Labute approximate surface area is 141 Å². The fourth-order valence-corrected chi connectivity index (χ4v) is 4.84. The van der Waals surface area contributed by atoms with Crippen LogP contribution in [0.1, 0.15) is 70.6 Å². The van der Waals surface area contributed by atoms with Crippen molar-refractivity contribution in [1.82, 2.24) is 10.2 Å². The first kappa shape index (κ1) is 17.2. The van der Waals surface area contributed by atoms with Crippen LogP contribution in [0.15, 0.2) is 0 Å². The number of hydrogen-bond acceptors (Lipinski definition) is 3. The van der Waals surface area contributed by atoms with Gasteiger partial charge in [-0.3, -0.25) is 9.69 Å². The van der Waals surface area contributed by atoms with Crippen LogP contribution in [0.25, 0.3) is 0 Å². The van der Waals surface area contributed by atoms with Crippen LogP contribution in [0, 0.1) is 5.92 Å². The second-order valence-corrected chi connectivity index (χ2v) is 7.85. The van der Waals surface area contributed by atoms with Crippen LogP contribution >= 0.6 is 0 Å². The maximum Gasteiger partial charge on any atom is 0.220 e. The van der Waals surface area contributed by atoms with E-state index in [1.165, 1.54) is 57.8 Å². The molecule has 0 bridgehead atoms. The molecule has 2 saturated carbocycles. The predicted octanol–water partition coefficient (Wildman–Crippen LogP) is 3.11. The van der Waals surface area contributed by atoms with Crippen molar-refractivity contribution in [1.29, 1.82) is 0 Å². The SMILES string of the molecule is O=C(CCC1CCCC1)NCC1(N2CCOCC2)CCCCC1. The molecule has 1 aliphatic heterocycles. The van der Waals surface area contributed by atoms with Crippen LogP contribution in [-0.4, -0.2) is 49.2 Å². The molecule has 0 spiro atoms. The highest BCUT2D eigenvalue weighted by Crippen LogP contribution is 2.34. The normalized spacial score (nSPS) is 26.3. The molecule has 0 radical (unpaired) electrons. The number of nitrogens with one attached hydrogen (secondary N) is 1. The number of amides is 1. The molecule has 2 aliphatic carbocycles. The Morgan fingerprint density at radius 2 is 1.74 bits per heavy atom. The smallest absolute Gasteiger partial charge is 0.220 e. The lowest BCUT2D eigenvalue weighted by atomic mass is 9.79. The summed E-state index contributed by atoms with van der Waals surface area (Å²) in [5.41, 5.74) is 0.199. The molecule has 0 atom stereocenters. The molecule has 0 unspecified atom stereocenters. The van der Waals surface area contributed by atoms with Gasteiger partial charge in [-0.25, -0.2) is 0 Å². The van der Waals surface area contributed by atoms with E-state index in [4.69, 9.17) is 4.74 Å². The van der Waals surface area contributed by atoms with Gasteiger partial charge < -0.3 is 10.1 Å². The van der Waals surface area contributed by atoms with Crippen molar-refractivity contribution in [2.75, 3.05) is 32.8 Å². The van der Waals surface area contributed by atoms with Gasteiger partial charge in [0.05, 0.1) is 13.2 Å². The summed E-state index contributed by atoms with van der Waals surface area (Å²) in [4.78, 5) is 14.9. The molecule has 4 nitrogen and oxygen atoms in total. The summed E-state index contributed by atoms with van der Waals surface area (Å²) in [5.74, 6) is 1.08. The Morgan fingerprint density at radius 1 is 1.04 bits per heavy atom. The summed E-state index contributed by atoms with van der Waals surface area (Å²) in [6, 6.07) is 0. The highest BCUT2D eigenvalue weighted by atomic mass is 16.5. The topological polar surface area (TPSA) is 41.6 Å². The third-order valence-corrected chi connectivity index (χ3v) is 6.34. The number of morpholine rings is 1. The molecule has 1 amide bonds. The number of carbonyl (C=O) groups excluding carboxylic acids is 1. The first-order valence-electron chi connectivity index (χ1n) is 9.88. The monoisotopic (exact) mass is 322 g/mol. The van der Waals surface area contributed by atoms with Crippen LogP contribution in [-0.2, 0) is 9.53 Å². The Morgan fingerprint density at radius 3 is 2.43 bits per heavy atom. The number of hydrogen-bond donors (Lipinski definition) is 1. The standard InChI is InChI=1S/C19H34N2O2/c22-18(9-8-17-6-2-3-7-17)20-16-19(10-4-1-5-11-19)21-12-14-23-15-13-21/h17H,1-16H2,(H,20,22). The molecular weight excluding hydrogens is 288 g/mol. The Hall–Kier alpha value is -0.610. The zero-order valence-corrected chi connectivity index (χ0v) is 14.7. The van der Waals surface area contributed by atoms with Gasteiger partial charge >= 0.3 is 0 Å². The minimum atomic E-state index is 0.199. The van der Waals surface area contributed by atoms with E-state index in [0.29, 0.717) is 0 Å². The predicted molar refractivity (Wildman–Crippen MR) is 92.4 cm³/mol. The first-order chi connectivity index (χ1) is 11.3. The molecule has 0 aromatic carbocycles. The average Bonchev–Trinajstić information content (AvgIpc) is 3.13. The van der Waals surface area contributed by atoms with Crippen molar-refractivity contribution in [3.63, 3.8) is 0 Å². The van der Waals surface area contributed by atoms with Gasteiger partial charge in [0.15, 0.2) is 0 Å². The molecule has 3 aliphatic rings. The fraction of sp³-hybridized carbons (Fsp3) is 0.947. The van der Waals surface area contributed by atoms with Crippen molar-refractivity contribution in [3.05, 3.63) is 0 Å². The number of rotatable bonds is 6. The second-order valence-electron chi connectivity index (χ2n) is 7.85. The molecule has 1 saturated heterocycles. The van der Waals surface area contributed by atoms with Crippen molar-refractivity contribution in [3.8, 4) is 0 Å². The van der Waals surface area contributed by atoms with Gasteiger partial charge in [0.1, 0.15) is 0 Å². The molecule has 1 N–H and O–H groups in total. The van der Waals surface area contributed by atoms with E-state index in [0.717, 1.165) is 51.6 Å². The van der Waals surface area contributed by atoms with Crippen LogP contribution in [0.4, 0.5) is 0 Å². The summed E-state index contributed by atoms with van der Waals surface area (Å²) in [6.07, 6.45) is 13.6. The molecule has 3 fully saturated rings. The van der Waals surface area contributed by atoms with Crippen LogP contribution in [0.2, 0.25) is 0 Å². The molecular formula is C19H34N2O2.